The number of hydrogen-bond acceptors (Lipinski definition) is 6. The molecule has 0 bridgehead atoms. The molecule has 2 heterocycles. The van der Waals surface area contributed by atoms with Crippen molar-refractivity contribution >= 4 is 29.3 Å². The van der Waals surface area contributed by atoms with E-state index in [2.05, 4.69) is 40.7 Å². The number of halogens is 1. The first-order chi connectivity index (χ1) is 10.6. The van der Waals surface area contributed by atoms with Gasteiger partial charge in [0.1, 0.15) is 11.0 Å². The Morgan fingerprint density at radius 3 is 2.45 bits per heavy atom. The highest BCUT2D eigenvalue weighted by molar-refractivity contribution is 7.98. The molecule has 124 valence electrons. The Morgan fingerprint density at radius 2 is 1.91 bits per heavy atom. The Labute approximate surface area is 142 Å². The zero-order valence-electron chi connectivity index (χ0n) is 13.8. The van der Waals surface area contributed by atoms with Crippen LogP contribution in [0.4, 0.5) is 5.95 Å². The van der Waals surface area contributed by atoms with E-state index in [1.165, 1.54) is 11.8 Å². The van der Waals surface area contributed by atoms with Crippen molar-refractivity contribution in [2.24, 2.45) is 0 Å². The van der Waals surface area contributed by atoms with Crippen LogP contribution in [0.5, 0.6) is 5.88 Å². The van der Waals surface area contributed by atoms with E-state index in [-0.39, 0.29) is 6.10 Å². The van der Waals surface area contributed by atoms with Gasteiger partial charge in [-0.25, -0.2) is 0 Å². The predicted molar refractivity (Wildman–Crippen MR) is 93.5 cm³/mol. The number of anilines is 1. The number of nitrogens with zero attached hydrogens (tertiary/aromatic N) is 4. The largest absolute Gasteiger partial charge is 0.473 e. The molecule has 0 spiro atoms. The van der Waals surface area contributed by atoms with E-state index in [0.717, 1.165) is 43.9 Å². The van der Waals surface area contributed by atoms with Crippen LogP contribution in [0.2, 0.25) is 5.15 Å². The Balaban J connectivity index is 2.23. The van der Waals surface area contributed by atoms with Crippen LogP contribution >= 0.6 is 23.4 Å². The van der Waals surface area contributed by atoms with E-state index in [0.29, 0.717) is 17.0 Å². The summed E-state index contributed by atoms with van der Waals surface area (Å²) in [5.41, 5.74) is 0. The third-order valence-corrected chi connectivity index (χ3v) is 5.14. The monoisotopic (exact) mass is 344 g/mol. The molecule has 2 rings (SSSR count). The average Bonchev–Trinajstić information content (AvgIpc) is 2.51. The summed E-state index contributed by atoms with van der Waals surface area (Å²) in [6, 6.07) is 0. The fourth-order valence-corrected chi connectivity index (χ4v) is 3.42. The summed E-state index contributed by atoms with van der Waals surface area (Å²) >= 11 is 7.88. The summed E-state index contributed by atoms with van der Waals surface area (Å²) in [4.78, 5) is 14.3. The number of piperidine rings is 1. The molecule has 0 aliphatic carbocycles. The van der Waals surface area contributed by atoms with Gasteiger partial charge < -0.3 is 14.5 Å². The van der Waals surface area contributed by atoms with Gasteiger partial charge in [0.2, 0.25) is 11.8 Å². The molecule has 1 aliphatic heterocycles. The van der Waals surface area contributed by atoms with Crippen LogP contribution in [-0.4, -0.2) is 60.5 Å². The minimum absolute atomic E-state index is 0.206. The van der Waals surface area contributed by atoms with Gasteiger partial charge in [-0.1, -0.05) is 11.6 Å². The molecule has 1 aliphatic rings. The van der Waals surface area contributed by atoms with Gasteiger partial charge in [0.05, 0.1) is 0 Å². The van der Waals surface area contributed by atoms with E-state index in [1.807, 2.05) is 6.26 Å². The molecular formula is C15H25ClN4OS. The highest BCUT2D eigenvalue weighted by Gasteiger charge is 2.22. The standard InChI is InChI=1S/C15H25ClN4OS/c1-5-20(6-2)15-17-13(16)12(22-4)14(18-15)21-11-7-9-19(3)10-8-11/h11H,5-10H2,1-4H3. The second-order valence-electron chi connectivity index (χ2n) is 5.45. The fourth-order valence-electron chi connectivity index (χ4n) is 2.55. The number of aromatic nitrogens is 2. The van der Waals surface area contributed by atoms with E-state index in [4.69, 9.17) is 16.3 Å². The van der Waals surface area contributed by atoms with Crippen molar-refractivity contribution < 1.29 is 4.74 Å². The molecule has 5 nitrogen and oxygen atoms in total. The molecule has 0 unspecified atom stereocenters. The Morgan fingerprint density at radius 1 is 1.27 bits per heavy atom. The van der Waals surface area contributed by atoms with Crippen molar-refractivity contribution in [1.82, 2.24) is 14.9 Å². The van der Waals surface area contributed by atoms with Crippen molar-refractivity contribution in [3.8, 4) is 5.88 Å². The topological polar surface area (TPSA) is 41.5 Å². The molecule has 0 radical (unpaired) electrons. The van der Waals surface area contributed by atoms with Gasteiger partial charge in [-0.05, 0) is 40.0 Å². The maximum atomic E-state index is 6.35. The Hall–Kier alpha value is -0.720. The van der Waals surface area contributed by atoms with Crippen LogP contribution in [0.3, 0.4) is 0 Å². The number of hydrogen-bond donors (Lipinski definition) is 0. The molecule has 0 aromatic carbocycles. The highest BCUT2D eigenvalue weighted by atomic mass is 35.5. The lowest BCUT2D eigenvalue weighted by molar-refractivity contribution is 0.107. The van der Waals surface area contributed by atoms with Gasteiger partial charge in [0.25, 0.3) is 0 Å². The van der Waals surface area contributed by atoms with Gasteiger partial charge in [-0.2, -0.15) is 9.97 Å². The molecule has 0 amide bonds. The van der Waals surface area contributed by atoms with Crippen molar-refractivity contribution in [2.45, 2.75) is 37.7 Å². The molecule has 22 heavy (non-hydrogen) atoms. The number of thioether (sulfide) groups is 1. The van der Waals surface area contributed by atoms with Crippen LogP contribution in [0.15, 0.2) is 4.90 Å². The van der Waals surface area contributed by atoms with E-state index in [1.54, 1.807) is 0 Å². The normalized spacial score (nSPS) is 16.8. The van der Waals surface area contributed by atoms with Crippen LogP contribution in [0.1, 0.15) is 26.7 Å². The summed E-state index contributed by atoms with van der Waals surface area (Å²) in [6.45, 7) is 7.97. The summed E-state index contributed by atoms with van der Waals surface area (Å²) in [5, 5.41) is 0.479. The summed E-state index contributed by atoms with van der Waals surface area (Å²) < 4.78 is 6.18. The van der Waals surface area contributed by atoms with Gasteiger partial charge in [-0.3, -0.25) is 0 Å². The molecule has 1 fully saturated rings. The molecule has 7 heteroatoms. The van der Waals surface area contributed by atoms with E-state index < -0.39 is 0 Å². The maximum Gasteiger partial charge on any atom is 0.234 e. The molecule has 1 aromatic rings. The zero-order chi connectivity index (χ0) is 16.1. The van der Waals surface area contributed by atoms with Crippen LogP contribution in [0.25, 0.3) is 0 Å². The Kier molecular flexibility index (Phi) is 6.59. The van der Waals surface area contributed by atoms with Crippen LogP contribution < -0.4 is 9.64 Å². The first kappa shape index (κ1) is 17.6. The van der Waals surface area contributed by atoms with Gasteiger partial charge in [0.15, 0.2) is 5.15 Å². The quantitative estimate of drug-likeness (QED) is 0.583. The average molecular weight is 345 g/mol. The SMILES string of the molecule is CCN(CC)c1nc(Cl)c(SC)c(OC2CCN(C)CC2)n1. The second kappa shape index (κ2) is 8.22. The third kappa shape index (κ3) is 4.18. The minimum atomic E-state index is 0.206. The first-order valence-corrected chi connectivity index (χ1v) is 9.40. The number of rotatable bonds is 6. The highest BCUT2D eigenvalue weighted by Crippen LogP contribution is 2.35. The second-order valence-corrected chi connectivity index (χ2v) is 6.62. The lowest BCUT2D eigenvalue weighted by atomic mass is 10.1. The maximum absolute atomic E-state index is 6.35. The molecule has 0 N–H and O–H groups in total. The van der Waals surface area contributed by atoms with Crippen molar-refractivity contribution in [2.75, 3.05) is 44.4 Å². The van der Waals surface area contributed by atoms with Gasteiger partial charge in [0, 0.05) is 26.2 Å². The van der Waals surface area contributed by atoms with E-state index >= 15 is 0 Å². The molecule has 0 saturated carbocycles. The molecule has 0 atom stereocenters. The lowest BCUT2D eigenvalue weighted by Crippen LogP contribution is -2.36. The molecule has 1 aromatic heterocycles. The zero-order valence-corrected chi connectivity index (χ0v) is 15.4. The van der Waals surface area contributed by atoms with Gasteiger partial charge >= 0.3 is 0 Å². The number of likely N-dealkylation sites (tertiary alicyclic amines) is 1. The number of ether oxygens (including phenoxy) is 1. The third-order valence-electron chi connectivity index (χ3n) is 3.98. The van der Waals surface area contributed by atoms with Crippen molar-refractivity contribution in [1.29, 1.82) is 0 Å². The predicted octanol–water partition coefficient (Wildman–Crippen LogP) is 3.17. The van der Waals surface area contributed by atoms with E-state index in [9.17, 15) is 0 Å². The van der Waals surface area contributed by atoms with Crippen molar-refractivity contribution in [3.63, 3.8) is 0 Å². The van der Waals surface area contributed by atoms with Gasteiger partial charge in [-0.15, -0.1) is 11.8 Å². The lowest BCUT2D eigenvalue weighted by Gasteiger charge is -2.29. The smallest absolute Gasteiger partial charge is 0.234 e. The summed E-state index contributed by atoms with van der Waals surface area (Å²) in [5.74, 6) is 1.28. The minimum Gasteiger partial charge on any atom is -0.473 e. The first-order valence-electron chi connectivity index (χ1n) is 7.80. The summed E-state index contributed by atoms with van der Waals surface area (Å²) in [7, 11) is 2.14. The molecule has 1 saturated heterocycles. The van der Waals surface area contributed by atoms with Crippen LogP contribution in [-0.2, 0) is 0 Å². The van der Waals surface area contributed by atoms with Crippen molar-refractivity contribution in [3.05, 3.63) is 5.15 Å². The van der Waals surface area contributed by atoms with Crippen LogP contribution in [0, 0.1) is 0 Å². The Bertz CT molecular complexity index is 491. The molecular weight excluding hydrogens is 320 g/mol. The fraction of sp³-hybridized carbons (Fsp3) is 0.733. The summed E-state index contributed by atoms with van der Waals surface area (Å²) in [6.07, 6.45) is 4.22.